The van der Waals surface area contributed by atoms with E-state index in [2.05, 4.69) is 0 Å². The van der Waals surface area contributed by atoms with Crippen LogP contribution in [0.1, 0.15) is 0 Å². The molecule has 15 heavy (non-hydrogen) atoms. The number of aromatic hydroxyl groups is 1. The second-order valence-corrected chi connectivity index (χ2v) is 3.53. The third-order valence-electron chi connectivity index (χ3n) is 2.15. The van der Waals surface area contributed by atoms with Crippen molar-refractivity contribution in [3.63, 3.8) is 0 Å². The summed E-state index contributed by atoms with van der Waals surface area (Å²) in [5.74, 6) is -0.473. The number of phenols is 1. The fourth-order valence-electron chi connectivity index (χ4n) is 1.41. The van der Waals surface area contributed by atoms with Gasteiger partial charge in [-0.1, -0.05) is 41.9 Å². The quantitative estimate of drug-likeness (QED) is 0.777. The second kappa shape index (κ2) is 3.91. The van der Waals surface area contributed by atoms with Gasteiger partial charge in [0.05, 0.1) is 5.02 Å². The van der Waals surface area contributed by atoms with Crippen molar-refractivity contribution in [1.82, 2.24) is 0 Å². The molecule has 0 saturated heterocycles. The molecule has 0 aromatic heterocycles. The molecule has 76 valence electrons. The van der Waals surface area contributed by atoms with Crippen molar-refractivity contribution >= 4 is 11.6 Å². The van der Waals surface area contributed by atoms with Gasteiger partial charge in [0.15, 0.2) is 0 Å². The van der Waals surface area contributed by atoms with Gasteiger partial charge in [0, 0.05) is 11.1 Å². The number of hydrogen-bond acceptors (Lipinski definition) is 1. The maximum atomic E-state index is 13.6. The van der Waals surface area contributed by atoms with E-state index in [0.717, 1.165) is 0 Å². The maximum absolute atomic E-state index is 13.6. The van der Waals surface area contributed by atoms with Gasteiger partial charge in [-0.15, -0.1) is 0 Å². The van der Waals surface area contributed by atoms with Crippen LogP contribution in [0.15, 0.2) is 42.5 Å². The Bertz CT molecular complexity index is 497. The molecule has 0 aliphatic rings. The van der Waals surface area contributed by atoms with E-state index in [0.29, 0.717) is 11.1 Å². The molecule has 0 aliphatic carbocycles. The molecule has 1 nitrogen and oxygen atoms in total. The summed E-state index contributed by atoms with van der Waals surface area (Å²) in [5, 5.41) is 9.62. The first-order valence-electron chi connectivity index (χ1n) is 4.42. The minimum absolute atomic E-state index is 0.0404. The predicted molar refractivity (Wildman–Crippen MR) is 58.5 cm³/mol. The normalized spacial score (nSPS) is 10.3. The van der Waals surface area contributed by atoms with E-state index in [1.165, 1.54) is 12.1 Å². The number of benzene rings is 2. The van der Waals surface area contributed by atoms with Crippen molar-refractivity contribution in [1.29, 1.82) is 0 Å². The summed E-state index contributed by atoms with van der Waals surface area (Å²) < 4.78 is 13.6. The average Bonchev–Trinajstić information content (AvgIpc) is 2.23. The molecule has 0 saturated carbocycles. The van der Waals surface area contributed by atoms with Gasteiger partial charge in [-0.2, -0.15) is 0 Å². The highest BCUT2D eigenvalue weighted by atomic mass is 35.5. The molecule has 0 fully saturated rings. The van der Waals surface area contributed by atoms with Crippen LogP contribution in [0, 0.1) is 5.82 Å². The Hall–Kier alpha value is -1.54. The minimum Gasteiger partial charge on any atom is -0.507 e. The van der Waals surface area contributed by atoms with Gasteiger partial charge < -0.3 is 5.11 Å². The number of para-hydroxylation sites is 1. The number of hydrogen-bond donors (Lipinski definition) is 1. The summed E-state index contributed by atoms with van der Waals surface area (Å²) in [4.78, 5) is 0. The van der Waals surface area contributed by atoms with E-state index < -0.39 is 5.82 Å². The van der Waals surface area contributed by atoms with Crippen LogP contribution in [-0.4, -0.2) is 5.11 Å². The summed E-state index contributed by atoms with van der Waals surface area (Å²) in [6.07, 6.45) is 0. The zero-order chi connectivity index (χ0) is 10.8. The minimum atomic E-state index is -0.513. The van der Waals surface area contributed by atoms with E-state index in [9.17, 15) is 9.50 Å². The van der Waals surface area contributed by atoms with Gasteiger partial charge in [0.1, 0.15) is 11.6 Å². The molecule has 3 heteroatoms. The molecule has 0 radical (unpaired) electrons. The van der Waals surface area contributed by atoms with Crippen LogP contribution < -0.4 is 0 Å². The second-order valence-electron chi connectivity index (χ2n) is 3.12. The van der Waals surface area contributed by atoms with Crippen molar-refractivity contribution in [3.8, 4) is 16.9 Å². The highest BCUT2D eigenvalue weighted by Crippen LogP contribution is 2.32. The lowest BCUT2D eigenvalue weighted by atomic mass is 10.0. The van der Waals surface area contributed by atoms with Crippen LogP contribution >= 0.6 is 11.6 Å². The summed E-state index contributed by atoms with van der Waals surface area (Å²) in [6, 6.07) is 11.3. The van der Waals surface area contributed by atoms with Gasteiger partial charge in [-0.05, 0) is 12.1 Å². The number of rotatable bonds is 1. The molecule has 2 aromatic carbocycles. The smallest absolute Gasteiger partial charge is 0.149 e. The van der Waals surface area contributed by atoms with Crippen LogP contribution in [0.25, 0.3) is 11.1 Å². The lowest BCUT2D eigenvalue weighted by molar-refractivity contribution is 0.476. The van der Waals surface area contributed by atoms with E-state index in [4.69, 9.17) is 11.6 Å². The summed E-state index contributed by atoms with van der Waals surface area (Å²) in [7, 11) is 0. The standard InChI is InChI=1S/C12H8ClFO/c13-10-6-3-5-9(12(10)14)8-4-1-2-7-11(8)15/h1-7,15H. The maximum Gasteiger partial charge on any atom is 0.149 e. The monoisotopic (exact) mass is 222 g/mol. The van der Waals surface area contributed by atoms with E-state index in [-0.39, 0.29) is 10.8 Å². The third kappa shape index (κ3) is 1.81. The van der Waals surface area contributed by atoms with Crippen LogP contribution in [0.2, 0.25) is 5.02 Å². The van der Waals surface area contributed by atoms with Gasteiger partial charge in [0.2, 0.25) is 0 Å². The highest BCUT2D eigenvalue weighted by Gasteiger charge is 2.10. The molecule has 2 rings (SSSR count). The largest absolute Gasteiger partial charge is 0.507 e. The molecular formula is C12H8ClFO. The lowest BCUT2D eigenvalue weighted by Gasteiger charge is -2.06. The first-order chi connectivity index (χ1) is 7.20. The van der Waals surface area contributed by atoms with Gasteiger partial charge in [-0.25, -0.2) is 4.39 Å². The number of phenolic OH excluding ortho intramolecular Hbond substituents is 1. The zero-order valence-electron chi connectivity index (χ0n) is 7.74. The Morgan fingerprint density at radius 3 is 2.33 bits per heavy atom. The summed E-state index contributed by atoms with van der Waals surface area (Å²) in [5.41, 5.74) is 0.748. The highest BCUT2D eigenvalue weighted by molar-refractivity contribution is 6.31. The van der Waals surface area contributed by atoms with Crippen LogP contribution in [0.3, 0.4) is 0 Å². The topological polar surface area (TPSA) is 20.2 Å². The fourth-order valence-corrected chi connectivity index (χ4v) is 1.59. The molecule has 0 unspecified atom stereocenters. The van der Waals surface area contributed by atoms with Gasteiger partial charge in [0.25, 0.3) is 0 Å². The van der Waals surface area contributed by atoms with Gasteiger partial charge in [-0.3, -0.25) is 0 Å². The molecule has 0 amide bonds. The Balaban J connectivity index is 2.65. The van der Waals surface area contributed by atoms with Crippen LogP contribution in [-0.2, 0) is 0 Å². The Labute approximate surface area is 91.8 Å². The molecule has 1 N–H and O–H groups in total. The molecule has 0 spiro atoms. The lowest BCUT2D eigenvalue weighted by Crippen LogP contribution is -1.85. The molecule has 0 atom stereocenters. The van der Waals surface area contributed by atoms with Crippen LogP contribution in [0.4, 0.5) is 4.39 Å². The molecule has 0 bridgehead atoms. The Morgan fingerprint density at radius 2 is 1.60 bits per heavy atom. The molecule has 0 aliphatic heterocycles. The van der Waals surface area contributed by atoms with Crippen molar-refractivity contribution in [2.75, 3.05) is 0 Å². The van der Waals surface area contributed by atoms with Crippen molar-refractivity contribution in [3.05, 3.63) is 53.3 Å². The zero-order valence-corrected chi connectivity index (χ0v) is 8.50. The van der Waals surface area contributed by atoms with Crippen molar-refractivity contribution in [2.45, 2.75) is 0 Å². The third-order valence-corrected chi connectivity index (χ3v) is 2.44. The molecule has 0 heterocycles. The van der Waals surface area contributed by atoms with E-state index in [1.807, 2.05) is 0 Å². The van der Waals surface area contributed by atoms with E-state index >= 15 is 0 Å². The van der Waals surface area contributed by atoms with Gasteiger partial charge >= 0.3 is 0 Å². The molecular weight excluding hydrogens is 215 g/mol. The fraction of sp³-hybridized carbons (Fsp3) is 0. The Kier molecular flexibility index (Phi) is 2.60. The average molecular weight is 223 g/mol. The van der Waals surface area contributed by atoms with Crippen molar-refractivity contribution in [2.24, 2.45) is 0 Å². The van der Waals surface area contributed by atoms with Crippen molar-refractivity contribution < 1.29 is 9.50 Å². The first kappa shape index (κ1) is 9.99. The Morgan fingerprint density at radius 1 is 0.933 bits per heavy atom. The summed E-state index contributed by atoms with van der Waals surface area (Å²) in [6.45, 7) is 0. The predicted octanol–water partition coefficient (Wildman–Crippen LogP) is 3.85. The SMILES string of the molecule is Oc1ccccc1-c1cccc(Cl)c1F. The van der Waals surface area contributed by atoms with E-state index in [1.54, 1.807) is 30.3 Å². The van der Waals surface area contributed by atoms with Crippen LogP contribution in [0.5, 0.6) is 5.75 Å². The summed E-state index contributed by atoms with van der Waals surface area (Å²) >= 11 is 5.66. The molecule has 2 aromatic rings. The number of halogens is 2. The first-order valence-corrected chi connectivity index (χ1v) is 4.80.